The van der Waals surface area contributed by atoms with E-state index < -0.39 is 6.10 Å². The van der Waals surface area contributed by atoms with E-state index in [9.17, 15) is 9.90 Å². The van der Waals surface area contributed by atoms with Gasteiger partial charge in [-0.25, -0.2) is 0 Å². The summed E-state index contributed by atoms with van der Waals surface area (Å²) in [4.78, 5) is 10.8. The van der Waals surface area contributed by atoms with E-state index in [4.69, 9.17) is 9.47 Å². The highest BCUT2D eigenvalue weighted by Crippen LogP contribution is 2.28. The van der Waals surface area contributed by atoms with Gasteiger partial charge in [-0.05, 0) is 55.7 Å². The zero-order valence-corrected chi connectivity index (χ0v) is 16.1. The molecule has 0 saturated heterocycles. The molecule has 2 aromatic carbocycles. The number of carbonyl (C=O) groups is 1. The van der Waals surface area contributed by atoms with Crippen LogP contribution in [0.3, 0.4) is 0 Å². The van der Waals surface area contributed by atoms with Crippen LogP contribution in [0.4, 0.5) is 5.69 Å². The Balaban J connectivity index is 1.92. The lowest BCUT2D eigenvalue weighted by atomic mass is 10.1. The van der Waals surface area contributed by atoms with Gasteiger partial charge in [0, 0.05) is 12.6 Å². The maximum Gasteiger partial charge on any atom is 0.211 e. The number of ether oxygens (including phenoxy) is 2. The number of anilines is 1. The lowest BCUT2D eigenvalue weighted by Crippen LogP contribution is -2.32. The van der Waals surface area contributed by atoms with Gasteiger partial charge >= 0.3 is 0 Å². The number of benzene rings is 2. The van der Waals surface area contributed by atoms with E-state index >= 15 is 0 Å². The van der Waals surface area contributed by atoms with Crippen molar-refractivity contribution < 1.29 is 19.4 Å². The van der Waals surface area contributed by atoms with E-state index in [0.29, 0.717) is 36.6 Å². The second kappa shape index (κ2) is 10.5. The Morgan fingerprint density at radius 1 is 1.19 bits per heavy atom. The second-order valence-corrected chi connectivity index (χ2v) is 6.33. The summed E-state index contributed by atoms with van der Waals surface area (Å²) in [6, 6.07) is 13.5. The van der Waals surface area contributed by atoms with Crippen molar-refractivity contribution in [1.82, 2.24) is 5.32 Å². The molecule has 0 radical (unpaired) electrons. The smallest absolute Gasteiger partial charge is 0.211 e. The van der Waals surface area contributed by atoms with Crippen LogP contribution in [0, 0.1) is 0 Å². The first kappa shape index (κ1) is 20.7. The van der Waals surface area contributed by atoms with Crippen molar-refractivity contribution >= 4 is 12.1 Å². The summed E-state index contributed by atoms with van der Waals surface area (Å²) in [7, 11) is 1.65. The van der Waals surface area contributed by atoms with Crippen molar-refractivity contribution in [3.63, 3.8) is 0 Å². The van der Waals surface area contributed by atoms with Crippen molar-refractivity contribution in [2.45, 2.75) is 32.4 Å². The molecule has 6 heteroatoms. The van der Waals surface area contributed by atoms with Gasteiger partial charge < -0.3 is 25.2 Å². The minimum absolute atomic E-state index is 0.198. The highest BCUT2D eigenvalue weighted by atomic mass is 16.5. The average Bonchev–Trinajstić information content (AvgIpc) is 2.68. The molecule has 0 aliphatic rings. The van der Waals surface area contributed by atoms with Gasteiger partial charge in [-0.1, -0.05) is 18.2 Å². The fraction of sp³-hybridized carbons (Fsp3) is 0.381. The molecule has 2 aromatic rings. The predicted molar refractivity (Wildman–Crippen MR) is 106 cm³/mol. The van der Waals surface area contributed by atoms with E-state index in [1.165, 1.54) is 5.56 Å². The lowest BCUT2D eigenvalue weighted by Gasteiger charge is -2.19. The van der Waals surface area contributed by atoms with Gasteiger partial charge in [-0.15, -0.1) is 0 Å². The molecular formula is C21H28N2O4. The van der Waals surface area contributed by atoms with E-state index in [-0.39, 0.29) is 6.04 Å². The summed E-state index contributed by atoms with van der Waals surface area (Å²) in [6.45, 7) is 4.86. The van der Waals surface area contributed by atoms with Crippen molar-refractivity contribution in [3.8, 4) is 11.5 Å². The van der Waals surface area contributed by atoms with Crippen molar-refractivity contribution in [1.29, 1.82) is 0 Å². The van der Waals surface area contributed by atoms with Gasteiger partial charge in [0.2, 0.25) is 6.41 Å². The maximum absolute atomic E-state index is 10.8. The minimum atomic E-state index is -0.689. The summed E-state index contributed by atoms with van der Waals surface area (Å²) in [5.41, 5.74) is 2.46. The zero-order valence-electron chi connectivity index (χ0n) is 16.1. The topological polar surface area (TPSA) is 79.8 Å². The molecule has 0 saturated carbocycles. The average molecular weight is 372 g/mol. The molecule has 3 N–H and O–H groups in total. The largest absolute Gasteiger partial charge is 0.497 e. The first-order chi connectivity index (χ1) is 13.1. The summed E-state index contributed by atoms with van der Waals surface area (Å²) < 4.78 is 10.6. The van der Waals surface area contributed by atoms with Crippen LogP contribution in [-0.2, 0) is 11.2 Å². The molecule has 0 aliphatic carbocycles. The molecular weight excluding hydrogens is 344 g/mol. The van der Waals surface area contributed by atoms with E-state index in [1.807, 2.05) is 37.3 Å². The molecule has 0 spiro atoms. The monoisotopic (exact) mass is 372 g/mol. The number of amides is 1. The van der Waals surface area contributed by atoms with Crippen LogP contribution in [0.2, 0.25) is 0 Å². The number of nitrogens with one attached hydrogen (secondary N) is 2. The van der Waals surface area contributed by atoms with Crippen molar-refractivity contribution in [2.75, 3.05) is 25.6 Å². The number of hydrogen-bond acceptors (Lipinski definition) is 5. The normalized spacial score (nSPS) is 12.9. The van der Waals surface area contributed by atoms with Crippen molar-refractivity contribution in [2.24, 2.45) is 0 Å². The third-order valence-corrected chi connectivity index (χ3v) is 4.26. The van der Waals surface area contributed by atoms with Gasteiger partial charge in [0.15, 0.2) is 0 Å². The summed E-state index contributed by atoms with van der Waals surface area (Å²) >= 11 is 0. The molecule has 0 aromatic heterocycles. The number of methoxy groups -OCH3 is 1. The molecule has 146 valence electrons. The van der Waals surface area contributed by atoms with Gasteiger partial charge in [-0.2, -0.15) is 0 Å². The van der Waals surface area contributed by atoms with Gasteiger partial charge in [0.25, 0.3) is 0 Å². The third-order valence-electron chi connectivity index (χ3n) is 4.26. The molecule has 0 aliphatic heterocycles. The van der Waals surface area contributed by atoms with Crippen LogP contribution in [0.15, 0.2) is 42.5 Å². The Labute approximate surface area is 160 Å². The highest BCUT2D eigenvalue weighted by molar-refractivity contribution is 5.75. The fourth-order valence-corrected chi connectivity index (χ4v) is 2.83. The van der Waals surface area contributed by atoms with Gasteiger partial charge in [0.1, 0.15) is 11.5 Å². The Kier molecular flexibility index (Phi) is 8.10. The highest BCUT2D eigenvalue weighted by Gasteiger charge is 2.13. The van der Waals surface area contributed by atoms with Gasteiger partial charge in [0.05, 0.1) is 25.5 Å². The van der Waals surface area contributed by atoms with E-state index in [2.05, 4.69) is 17.6 Å². The molecule has 0 heterocycles. The molecule has 6 nitrogen and oxygen atoms in total. The molecule has 2 rings (SSSR count). The Bertz CT molecular complexity index is 719. The Hall–Kier alpha value is -2.57. The SMILES string of the molecule is CCOc1ccc([C@@H](O)CN[C@H](C)Cc2ccc(OC)cc2)cc1NC=O. The molecule has 0 fully saturated rings. The summed E-state index contributed by atoms with van der Waals surface area (Å²) in [5, 5.41) is 16.4. The minimum Gasteiger partial charge on any atom is -0.497 e. The molecule has 27 heavy (non-hydrogen) atoms. The summed E-state index contributed by atoms with van der Waals surface area (Å²) in [6.07, 6.45) is 0.757. The van der Waals surface area contributed by atoms with Gasteiger partial charge in [-0.3, -0.25) is 4.79 Å². The Morgan fingerprint density at radius 3 is 2.56 bits per heavy atom. The molecule has 0 bridgehead atoms. The van der Waals surface area contributed by atoms with E-state index in [1.54, 1.807) is 19.2 Å². The van der Waals surface area contributed by atoms with Crippen molar-refractivity contribution in [3.05, 3.63) is 53.6 Å². The van der Waals surface area contributed by atoms with Crippen LogP contribution in [0.5, 0.6) is 11.5 Å². The fourth-order valence-electron chi connectivity index (χ4n) is 2.83. The van der Waals surface area contributed by atoms with Crippen LogP contribution in [0.1, 0.15) is 31.1 Å². The zero-order chi connectivity index (χ0) is 19.6. The summed E-state index contributed by atoms with van der Waals surface area (Å²) in [5.74, 6) is 1.42. The second-order valence-electron chi connectivity index (χ2n) is 6.33. The quantitative estimate of drug-likeness (QED) is 0.529. The molecule has 1 amide bonds. The number of aliphatic hydroxyl groups is 1. The van der Waals surface area contributed by atoms with Crippen LogP contribution in [0.25, 0.3) is 0 Å². The molecule has 2 atom stereocenters. The molecule has 0 unspecified atom stereocenters. The lowest BCUT2D eigenvalue weighted by molar-refractivity contribution is -0.105. The number of hydrogen-bond donors (Lipinski definition) is 3. The third kappa shape index (κ3) is 6.27. The standard InChI is InChI=1S/C21H28N2O4/c1-4-27-21-10-7-17(12-19(21)23-14-24)20(25)13-22-15(2)11-16-5-8-18(26-3)9-6-16/h5-10,12,14-15,20,22,25H,4,11,13H2,1-3H3,(H,23,24)/t15-,20+/m1/s1. The number of carbonyl (C=O) groups excluding carboxylic acids is 1. The van der Waals surface area contributed by atoms with E-state index in [0.717, 1.165) is 12.2 Å². The first-order valence-electron chi connectivity index (χ1n) is 9.08. The van der Waals surface area contributed by atoms with Crippen LogP contribution < -0.4 is 20.1 Å². The van der Waals surface area contributed by atoms with Crippen LogP contribution in [-0.4, -0.2) is 37.8 Å². The predicted octanol–water partition coefficient (Wildman–Crippen LogP) is 2.92. The number of aliphatic hydroxyl groups excluding tert-OH is 1. The first-order valence-corrected chi connectivity index (χ1v) is 9.08. The Morgan fingerprint density at radius 2 is 1.93 bits per heavy atom. The number of rotatable bonds is 11. The van der Waals surface area contributed by atoms with Crippen LogP contribution >= 0.6 is 0 Å². The maximum atomic E-state index is 10.8.